The number of thioether (sulfide) groups is 2. The number of rotatable bonds is 6. The van der Waals surface area contributed by atoms with Gasteiger partial charge in [0.25, 0.3) is 0 Å². The van der Waals surface area contributed by atoms with Gasteiger partial charge in [0.1, 0.15) is 16.1 Å². The Labute approximate surface area is 180 Å². The zero-order chi connectivity index (χ0) is 20.2. The van der Waals surface area contributed by atoms with Crippen LogP contribution < -0.4 is 10.2 Å². The van der Waals surface area contributed by atoms with Crippen LogP contribution in [0.15, 0.2) is 35.6 Å². The van der Waals surface area contributed by atoms with Gasteiger partial charge in [-0.05, 0) is 19.1 Å². The number of ketones is 1. The Hall–Kier alpha value is -2.17. The van der Waals surface area contributed by atoms with Crippen LogP contribution >= 0.6 is 34.9 Å². The second kappa shape index (κ2) is 9.10. The zero-order valence-corrected chi connectivity index (χ0v) is 18.2. The van der Waals surface area contributed by atoms with E-state index in [1.54, 1.807) is 35.6 Å². The largest absolute Gasteiger partial charge is 0.346 e. The van der Waals surface area contributed by atoms with E-state index in [4.69, 9.17) is 0 Å². The lowest BCUT2D eigenvalue weighted by Crippen LogP contribution is -2.32. The molecule has 3 aromatic rings. The topological polar surface area (TPSA) is 88.1 Å². The Bertz CT molecular complexity index is 1050. The molecule has 0 saturated carbocycles. The molecule has 0 atom stereocenters. The van der Waals surface area contributed by atoms with Gasteiger partial charge in [0.05, 0.1) is 5.75 Å². The van der Waals surface area contributed by atoms with Gasteiger partial charge in [0, 0.05) is 35.8 Å². The highest BCUT2D eigenvalue weighted by Crippen LogP contribution is 2.34. The summed E-state index contributed by atoms with van der Waals surface area (Å²) in [5.41, 5.74) is 1.86. The Morgan fingerprint density at radius 1 is 1.24 bits per heavy atom. The fourth-order valence-corrected chi connectivity index (χ4v) is 5.71. The highest BCUT2D eigenvalue weighted by Gasteiger charge is 2.18. The summed E-state index contributed by atoms with van der Waals surface area (Å²) in [6.45, 7) is 3.48. The summed E-state index contributed by atoms with van der Waals surface area (Å²) in [5.74, 6) is 2.24. The van der Waals surface area contributed by atoms with Crippen LogP contribution in [0.25, 0.3) is 10.3 Å². The number of hydrogen-bond acceptors (Lipinski definition) is 9. The molecule has 1 saturated heterocycles. The molecule has 150 valence electrons. The molecular weight excluding hydrogens is 426 g/mol. The van der Waals surface area contributed by atoms with Crippen molar-refractivity contribution in [1.82, 2.24) is 15.0 Å². The molecule has 3 heterocycles. The predicted molar refractivity (Wildman–Crippen MR) is 121 cm³/mol. The summed E-state index contributed by atoms with van der Waals surface area (Å²) in [4.78, 5) is 39.5. The number of aromatic nitrogens is 3. The summed E-state index contributed by atoms with van der Waals surface area (Å²) >= 11 is 4.90. The third-order valence-electron chi connectivity index (χ3n) is 4.32. The first-order chi connectivity index (χ1) is 14.1. The number of fused-ring (bicyclic) bond motifs is 1. The van der Waals surface area contributed by atoms with Gasteiger partial charge in [-0.25, -0.2) is 9.97 Å². The maximum absolute atomic E-state index is 12.4. The molecule has 1 aromatic carbocycles. The Balaban J connectivity index is 1.43. The van der Waals surface area contributed by atoms with E-state index in [1.807, 2.05) is 11.8 Å². The second-order valence-electron chi connectivity index (χ2n) is 6.40. The number of carbonyl (C=O) groups is 2. The number of anilines is 2. The third kappa shape index (κ3) is 4.88. The quantitative estimate of drug-likeness (QED) is 0.350. The van der Waals surface area contributed by atoms with Crippen molar-refractivity contribution in [1.29, 1.82) is 0 Å². The third-order valence-corrected chi connectivity index (χ3v) is 7.49. The first-order valence-electron chi connectivity index (χ1n) is 9.08. The molecule has 0 spiro atoms. The number of nitrogens with one attached hydrogen (secondary N) is 1. The normalized spacial score (nSPS) is 14.2. The average Bonchev–Trinajstić information content (AvgIpc) is 3.18. The smallest absolute Gasteiger partial charge is 0.234 e. The molecule has 0 unspecified atom stereocenters. The lowest BCUT2D eigenvalue weighted by molar-refractivity contribution is -0.113. The molecule has 0 radical (unpaired) electrons. The molecule has 29 heavy (non-hydrogen) atoms. The Kier molecular flexibility index (Phi) is 6.31. The minimum absolute atomic E-state index is 0.0350. The van der Waals surface area contributed by atoms with E-state index in [2.05, 4.69) is 25.2 Å². The van der Waals surface area contributed by atoms with E-state index in [1.165, 1.54) is 25.0 Å². The van der Waals surface area contributed by atoms with Crippen LogP contribution in [-0.4, -0.2) is 57.0 Å². The second-order valence-corrected chi connectivity index (χ2v) is 9.57. The molecule has 0 bridgehead atoms. The molecule has 1 amide bonds. The van der Waals surface area contributed by atoms with Gasteiger partial charge in [-0.3, -0.25) is 9.59 Å². The van der Waals surface area contributed by atoms with Gasteiger partial charge in [-0.15, -0.1) is 0 Å². The zero-order valence-electron chi connectivity index (χ0n) is 15.8. The molecule has 4 rings (SSSR count). The van der Waals surface area contributed by atoms with Crippen molar-refractivity contribution in [3.8, 4) is 0 Å². The number of thiazole rings is 1. The maximum Gasteiger partial charge on any atom is 0.234 e. The van der Waals surface area contributed by atoms with Crippen LogP contribution in [0.4, 0.5) is 10.8 Å². The van der Waals surface area contributed by atoms with Crippen LogP contribution in [0.2, 0.25) is 0 Å². The van der Waals surface area contributed by atoms with Gasteiger partial charge < -0.3 is 10.2 Å². The summed E-state index contributed by atoms with van der Waals surface area (Å²) in [6.07, 6.45) is 1.49. The van der Waals surface area contributed by atoms with Crippen LogP contribution in [0, 0.1) is 0 Å². The van der Waals surface area contributed by atoms with E-state index < -0.39 is 0 Å². The van der Waals surface area contributed by atoms with E-state index in [9.17, 15) is 9.59 Å². The van der Waals surface area contributed by atoms with Gasteiger partial charge in [-0.2, -0.15) is 16.7 Å². The minimum Gasteiger partial charge on any atom is -0.346 e. The molecule has 7 nitrogen and oxygen atoms in total. The van der Waals surface area contributed by atoms with Crippen molar-refractivity contribution in [2.45, 2.75) is 11.9 Å². The van der Waals surface area contributed by atoms with Crippen LogP contribution in [0.1, 0.15) is 17.3 Å². The molecule has 2 aromatic heterocycles. The van der Waals surface area contributed by atoms with Crippen molar-refractivity contribution in [2.75, 3.05) is 40.6 Å². The number of hydrogen-bond donors (Lipinski definition) is 1. The summed E-state index contributed by atoms with van der Waals surface area (Å²) in [6, 6.07) is 6.93. The number of carbonyl (C=O) groups excluding carboxylic acids is 2. The highest BCUT2D eigenvalue weighted by atomic mass is 32.2. The molecule has 1 aliphatic heterocycles. The fourth-order valence-electron chi connectivity index (χ4n) is 2.86. The number of Topliss-reactive ketones (excluding diaryl/α,β-unsaturated/α-hetero) is 1. The molecule has 1 N–H and O–H groups in total. The molecule has 1 aliphatic rings. The number of nitrogens with zero attached hydrogens (tertiary/aromatic N) is 4. The van der Waals surface area contributed by atoms with Crippen LogP contribution in [-0.2, 0) is 4.79 Å². The lowest BCUT2D eigenvalue weighted by atomic mass is 10.1. The van der Waals surface area contributed by atoms with Crippen LogP contribution in [0.5, 0.6) is 0 Å². The van der Waals surface area contributed by atoms with Crippen LogP contribution in [0.3, 0.4) is 0 Å². The number of amides is 1. The molecular formula is C19H19N5O2S3. The standard InChI is InChI=1S/C19H19N5O2S3/c1-12(25)13-3-2-4-14(9-13)22-15(26)10-28-18-16-17(20-11-21-18)23-19(29-16)24-5-7-27-8-6-24/h2-4,9,11H,5-8,10H2,1H3,(H,22,26). The monoisotopic (exact) mass is 445 g/mol. The first-order valence-corrected chi connectivity index (χ1v) is 12.0. The molecule has 10 heteroatoms. The van der Waals surface area contributed by atoms with Crippen molar-refractivity contribution in [3.05, 3.63) is 36.2 Å². The van der Waals surface area contributed by atoms with E-state index in [0.29, 0.717) is 16.9 Å². The average molecular weight is 446 g/mol. The Morgan fingerprint density at radius 3 is 2.86 bits per heavy atom. The molecule has 1 fully saturated rings. The molecule has 0 aliphatic carbocycles. The summed E-state index contributed by atoms with van der Waals surface area (Å²) in [7, 11) is 0. The fraction of sp³-hybridized carbons (Fsp3) is 0.316. The highest BCUT2D eigenvalue weighted by molar-refractivity contribution is 8.00. The van der Waals surface area contributed by atoms with Crippen molar-refractivity contribution in [2.24, 2.45) is 0 Å². The van der Waals surface area contributed by atoms with E-state index in [0.717, 1.165) is 39.5 Å². The van der Waals surface area contributed by atoms with Gasteiger partial charge in [0.2, 0.25) is 5.91 Å². The SMILES string of the molecule is CC(=O)c1cccc(NC(=O)CSc2ncnc3nc(N4CCSCC4)sc23)c1. The Morgan fingerprint density at radius 2 is 2.07 bits per heavy atom. The summed E-state index contributed by atoms with van der Waals surface area (Å²) < 4.78 is 0.914. The van der Waals surface area contributed by atoms with Crippen molar-refractivity contribution < 1.29 is 9.59 Å². The van der Waals surface area contributed by atoms with Crippen molar-refractivity contribution >= 4 is 67.7 Å². The minimum atomic E-state index is -0.153. The first kappa shape index (κ1) is 20.1. The van der Waals surface area contributed by atoms with Gasteiger partial charge in [0.15, 0.2) is 16.6 Å². The van der Waals surface area contributed by atoms with Gasteiger partial charge >= 0.3 is 0 Å². The van der Waals surface area contributed by atoms with Gasteiger partial charge in [-0.1, -0.05) is 35.2 Å². The maximum atomic E-state index is 12.4. The summed E-state index contributed by atoms with van der Waals surface area (Å²) in [5, 5.41) is 4.56. The lowest BCUT2D eigenvalue weighted by Gasteiger charge is -2.25. The van der Waals surface area contributed by atoms with E-state index >= 15 is 0 Å². The predicted octanol–water partition coefficient (Wildman–Crippen LogP) is 3.57. The van der Waals surface area contributed by atoms with Crippen molar-refractivity contribution in [3.63, 3.8) is 0 Å². The van der Waals surface area contributed by atoms with E-state index in [-0.39, 0.29) is 17.4 Å². The number of benzene rings is 1.